The van der Waals surface area contributed by atoms with Gasteiger partial charge in [-0.15, -0.1) is 10.2 Å². The van der Waals surface area contributed by atoms with Gasteiger partial charge in [0, 0.05) is 13.0 Å². The van der Waals surface area contributed by atoms with Crippen LogP contribution in [-0.2, 0) is 22.4 Å². The molecule has 2 heterocycles. The van der Waals surface area contributed by atoms with E-state index in [0.29, 0.717) is 35.0 Å². The second kappa shape index (κ2) is 12.3. The van der Waals surface area contributed by atoms with E-state index < -0.39 is 0 Å². The number of aryl methyl sites for hydroxylation is 2. The third-order valence-corrected chi connectivity index (χ3v) is 9.48. The Balaban J connectivity index is 1.13. The molecule has 10 heteroatoms. The fraction of sp³-hybridized carbons (Fsp3) is 0.414. The number of hydrazone groups is 1. The van der Waals surface area contributed by atoms with Crippen molar-refractivity contribution in [3.8, 4) is 0 Å². The summed E-state index contributed by atoms with van der Waals surface area (Å²) >= 11 is 3.11. The standard InChI is InChI=1S/C29H34N6O2S2/c1-18-7-4-9-20(13-18)15-24(36)30-28-33-32-26(38-28)22-11-6-12-23(17-22)27-35(3)34-29(39-27)31-25(37)16-21-10-5-8-19(2)14-21/h4-5,7-10,13-14,22-23,27H,6,11-12,15-17H2,1-3H3,(H,30,33,36)(H,31,34,37). The van der Waals surface area contributed by atoms with Crippen molar-refractivity contribution in [3.63, 3.8) is 0 Å². The monoisotopic (exact) mass is 562 g/mol. The molecule has 8 nitrogen and oxygen atoms in total. The highest BCUT2D eigenvalue weighted by Crippen LogP contribution is 2.44. The number of thioether (sulfide) groups is 1. The first-order chi connectivity index (χ1) is 18.8. The van der Waals surface area contributed by atoms with Gasteiger partial charge in [-0.2, -0.15) is 5.10 Å². The molecule has 1 aliphatic carbocycles. The summed E-state index contributed by atoms with van der Waals surface area (Å²) < 4.78 is 0. The maximum atomic E-state index is 12.6. The van der Waals surface area contributed by atoms with Crippen molar-refractivity contribution >= 4 is 45.2 Å². The van der Waals surface area contributed by atoms with E-state index in [0.717, 1.165) is 52.9 Å². The van der Waals surface area contributed by atoms with E-state index in [1.54, 1.807) is 11.8 Å². The second-order valence-corrected chi connectivity index (χ2v) is 12.6. The van der Waals surface area contributed by atoms with Gasteiger partial charge >= 0.3 is 0 Å². The third kappa shape index (κ3) is 7.24. The van der Waals surface area contributed by atoms with Crippen LogP contribution in [0.5, 0.6) is 0 Å². The van der Waals surface area contributed by atoms with E-state index in [4.69, 9.17) is 0 Å². The zero-order valence-corrected chi connectivity index (χ0v) is 24.1. The molecule has 0 radical (unpaired) electrons. The van der Waals surface area contributed by atoms with Gasteiger partial charge < -0.3 is 10.6 Å². The van der Waals surface area contributed by atoms with E-state index >= 15 is 0 Å². The molecule has 2 N–H and O–H groups in total. The van der Waals surface area contributed by atoms with Crippen LogP contribution in [0, 0.1) is 19.8 Å². The lowest BCUT2D eigenvalue weighted by atomic mass is 9.81. The molecule has 2 aliphatic rings. The quantitative estimate of drug-likeness (QED) is 0.408. The summed E-state index contributed by atoms with van der Waals surface area (Å²) in [5, 5.41) is 23.6. The van der Waals surface area contributed by atoms with E-state index in [1.807, 2.05) is 74.4 Å². The fourth-order valence-electron chi connectivity index (χ4n) is 5.37. The summed E-state index contributed by atoms with van der Waals surface area (Å²) in [5.74, 6) is 0.589. The Kier molecular flexibility index (Phi) is 8.62. The highest BCUT2D eigenvalue weighted by molar-refractivity contribution is 8.14. The zero-order valence-electron chi connectivity index (χ0n) is 22.5. The zero-order chi connectivity index (χ0) is 27.4. The molecule has 3 aromatic rings. The summed E-state index contributed by atoms with van der Waals surface area (Å²) in [6.45, 7) is 4.05. The SMILES string of the molecule is Cc1cccc(CC(=O)NC2=NN(C)C(C3CCCC(c4nnc(NC(=O)Cc5cccc(C)c5)s4)C3)S2)c1. The Morgan fingerprint density at radius 3 is 2.28 bits per heavy atom. The number of hydrogen-bond donors (Lipinski definition) is 2. The van der Waals surface area contributed by atoms with Crippen LogP contribution in [0.15, 0.2) is 53.6 Å². The smallest absolute Gasteiger partial charge is 0.230 e. The van der Waals surface area contributed by atoms with Crippen molar-refractivity contribution in [2.24, 2.45) is 11.0 Å². The lowest BCUT2D eigenvalue weighted by molar-refractivity contribution is -0.119. The lowest BCUT2D eigenvalue weighted by Crippen LogP contribution is -2.32. The van der Waals surface area contributed by atoms with Gasteiger partial charge in [0.25, 0.3) is 0 Å². The van der Waals surface area contributed by atoms with Gasteiger partial charge in [-0.1, -0.05) is 89.2 Å². The van der Waals surface area contributed by atoms with Crippen LogP contribution in [-0.4, -0.2) is 44.6 Å². The first kappa shape index (κ1) is 27.3. The average molecular weight is 563 g/mol. The number of nitrogens with one attached hydrogen (secondary N) is 2. The van der Waals surface area contributed by atoms with E-state index in [-0.39, 0.29) is 17.2 Å². The van der Waals surface area contributed by atoms with Gasteiger partial charge in [0.1, 0.15) is 10.4 Å². The molecule has 3 atom stereocenters. The van der Waals surface area contributed by atoms with Crippen molar-refractivity contribution in [2.75, 3.05) is 12.4 Å². The summed E-state index contributed by atoms with van der Waals surface area (Å²) in [4.78, 5) is 25.2. The van der Waals surface area contributed by atoms with Gasteiger partial charge in [0.2, 0.25) is 16.9 Å². The molecule has 1 fully saturated rings. The minimum Gasteiger partial charge on any atom is -0.303 e. The molecule has 3 unspecified atom stereocenters. The minimum absolute atomic E-state index is 0.0479. The van der Waals surface area contributed by atoms with Crippen LogP contribution < -0.4 is 10.6 Å². The number of nitrogens with zero attached hydrogens (tertiary/aromatic N) is 4. The molecule has 2 amide bonds. The van der Waals surface area contributed by atoms with Crippen LogP contribution in [0.4, 0.5) is 5.13 Å². The topological polar surface area (TPSA) is 99.6 Å². The second-order valence-electron chi connectivity index (χ2n) is 10.5. The van der Waals surface area contributed by atoms with Gasteiger partial charge in [-0.25, -0.2) is 0 Å². The van der Waals surface area contributed by atoms with Crippen molar-refractivity contribution in [3.05, 3.63) is 75.8 Å². The van der Waals surface area contributed by atoms with Crippen molar-refractivity contribution in [2.45, 2.75) is 63.7 Å². The number of amides is 2. The Hall–Kier alpha value is -3.24. The molecule has 0 saturated heterocycles. The molecule has 1 aromatic heterocycles. The number of carbonyl (C=O) groups is 2. The van der Waals surface area contributed by atoms with Gasteiger partial charge in [0.05, 0.1) is 12.8 Å². The molecule has 204 valence electrons. The Morgan fingerprint density at radius 2 is 1.62 bits per heavy atom. The number of rotatable bonds is 7. The first-order valence-corrected chi connectivity index (χ1v) is 15.0. The third-order valence-electron chi connectivity index (χ3n) is 7.14. The molecule has 0 bridgehead atoms. The predicted molar refractivity (Wildman–Crippen MR) is 158 cm³/mol. The fourth-order valence-corrected chi connectivity index (χ4v) is 7.50. The largest absolute Gasteiger partial charge is 0.303 e. The maximum absolute atomic E-state index is 12.6. The summed E-state index contributed by atoms with van der Waals surface area (Å²) in [5.41, 5.74) is 4.27. The molecule has 2 aromatic carbocycles. The van der Waals surface area contributed by atoms with Crippen LogP contribution in [0.1, 0.15) is 58.9 Å². The van der Waals surface area contributed by atoms with Crippen LogP contribution >= 0.6 is 23.1 Å². The van der Waals surface area contributed by atoms with Crippen LogP contribution in [0.2, 0.25) is 0 Å². The minimum atomic E-state index is -0.0806. The van der Waals surface area contributed by atoms with Gasteiger partial charge in [-0.05, 0) is 50.2 Å². The van der Waals surface area contributed by atoms with Crippen molar-refractivity contribution in [1.29, 1.82) is 0 Å². The number of anilines is 1. The van der Waals surface area contributed by atoms with Crippen LogP contribution in [0.25, 0.3) is 0 Å². The van der Waals surface area contributed by atoms with Gasteiger partial charge in [0.15, 0.2) is 5.17 Å². The molecular formula is C29H34N6O2S2. The van der Waals surface area contributed by atoms with E-state index in [1.165, 1.54) is 11.3 Å². The van der Waals surface area contributed by atoms with Gasteiger partial charge in [-0.3, -0.25) is 14.6 Å². The molecular weight excluding hydrogens is 528 g/mol. The summed E-state index contributed by atoms with van der Waals surface area (Å²) in [6, 6.07) is 16.0. The predicted octanol–water partition coefficient (Wildman–Crippen LogP) is 5.24. The van der Waals surface area contributed by atoms with Crippen LogP contribution in [0.3, 0.4) is 0 Å². The number of carbonyl (C=O) groups excluding carboxylic acids is 2. The maximum Gasteiger partial charge on any atom is 0.230 e. The number of hydrogen-bond acceptors (Lipinski definition) is 8. The summed E-state index contributed by atoms with van der Waals surface area (Å²) in [7, 11) is 1.98. The van der Waals surface area contributed by atoms with E-state index in [2.05, 4.69) is 25.9 Å². The lowest BCUT2D eigenvalue weighted by Gasteiger charge is -2.33. The average Bonchev–Trinajstić information content (AvgIpc) is 3.50. The molecule has 1 saturated carbocycles. The van der Waals surface area contributed by atoms with E-state index in [9.17, 15) is 9.59 Å². The molecule has 5 rings (SSSR count). The Labute approximate surface area is 237 Å². The van der Waals surface area contributed by atoms with Crippen molar-refractivity contribution < 1.29 is 9.59 Å². The number of aromatic nitrogens is 2. The molecule has 0 spiro atoms. The molecule has 39 heavy (non-hydrogen) atoms. The summed E-state index contributed by atoms with van der Waals surface area (Å²) in [6.07, 6.45) is 4.90. The first-order valence-electron chi connectivity index (χ1n) is 13.3. The Morgan fingerprint density at radius 1 is 0.949 bits per heavy atom. The normalized spacial score (nSPS) is 20.9. The Bertz CT molecular complexity index is 1370. The number of benzene rings is 2. The highest BCUT2D eigenvalue weighted by atomic mass is 32.2. The highest BCUT2D eigenvalue weighted by Gasteiger charge is 2.37. The van der Waals surface area contributed by atoms with Crippen molar-refractivity contribution in [1.82, 2.24) is 20.5 Å². The molecule has 1 aliphatic heterocycles. The number of amidine groups is 1.